The van der Waals surface area contributed by atoms with Gasteiger partial charge in [-0.15, -0.1) is 0 Å². The molecule has 0 aromatic heterocycles. The Balaban J connectivity index is 3.04. The highest BCUT2D eigenvalue weighted by Crippen LogP contribution is 2.23. The van der Waals surface area contributed by atoms with Crippen molar-refractivity contribution in [3.05, 3.63) is 34.1 Å². The van der Waals surface area contributed by atoms with E-state index in [0.29, 0.717) is 0 Å². The zero-order valence-electron chi connectivity index (χ0n) is 6.64. The van der Waals surface area contributed by atoms with Crippen molar-refractivity contribution in [2.75, 3.05) is 0 Å². The van der Waals surface area contributed by atoms with Gasteiger partial charge in [-0.25, -0.2) is 4.39 Å². The molecule has 0 bridgehead atoms. The molecule has 1 unspecified atom stereocenters. The fourth-order valence-corrected chi connectivity index (χ4v) is 1.53. The summed E-state index contributed by atoms with van der Waals surface area (Å²) in [5.41, 5.74) is 3.37. The Morgan fingerprint density at radius 3 is 2.83 bits per heavy atom. The average Bonchev–Trinajstić information content (AvgIpc) is 2.08. The van der Waals surface area contributed by atoms with Crippen molar-refractivity contribution >= 4 is 15.9 Å². The first-order chi connectivity index (χ1) is 5.65. The zero-order valence-corrected chi connectivity index (χ0v) is 8.23. The summed E-state index contributed by atoms with van der Waals surface area (Å²) in [7, 11) is 0. The summed E-state index contributed by atoms with van der Waals surface area (Å²) >= 11 is 3.31. The number of nitrogens with two attached hydrogens (primary N) is 1. The quantitative estimate of drug-likeness (QED) is 0.606. The highest BCUT2D eigenvalue weighted by molar-refractivity contribution is 9.10. The number of hydrogen-bond donors (Lipinski definition) is 2. The van der Waals surface area contributed by atoms with Gasteiger partial charge in [0.2, 0.25) is 0 Å². The number of nitrogens with one attached hydrogen (secondary N) is 1. The molecule has 1 aromatic carbocycles. The molecule has 0 saturated heterocycles. The lowest BCUT2D eigenvalue weighted by Crippen LogP contribution is -2.25. The van der Waals surface area contributed by atoms with E-state index in [1.165, 1.54) is 12.1 Å². The van der Waals surface area contributed by atoms with Crippen LogP contribution in [0.1, 0.15) is 18.5 Å². The minimum atomic E-state index is -0.254. The van der Waals surface area contributed by atoms with Crippen LogP contribution in [0.2, 0.25) is 0 Å². The van der Waals surface area contributed by atoms with E-state index in [4.69, 9.17) is 5.84 Å². The molecule has 0 fully saturated rings. The SMILES string of the molecule is CC(NN)c1cc(F)ccc1Br. The number of benzene rings is 1. The molecule has 3 N–H and O–H groups in total. The molecule has 2 nitrogen and oxygen atoms in total. The third kappa shape index (κ3) is 2.03. The fraction of sp³-hybridized carbons (Fsp3) is 0.250. The summed E-state index contributed by atoms with van der Waals surface area (Å²) in [6.45, 7) is 1.86. The molecule has 12 heavy (non-hydrogen) atoms. The maximum absolute atomic E-state index is 12.8. The average molecular weight is 233 g/mol. The van der Waals surface area contributed by atoms with E-state index in [-0.39, 0.29) is 11.9 Å². The maximum Gasteiger partial charge on any atom is 0.123 e. The Labute approximate surface area is 79.1 Å². The molecule has 0 aliphatic carbocycles. The molecule has 66 valence electrons. The Hall–Kier alpha value is -0.450. The second-order valence-electron chi connectivity index (χ2n) is 2.55. The van der Waals surface area contributed by atoms with Gasteiger partial charge in [0.25, 0.3) is 0 Å². The van der Waals surface area contributed by atoms with E-state index in [2.05, 4.69) is 21.4 Å². The lowest BCUT2D eigenvalue weighted by Gasteiger charge is -2.11. The molecule has 0 heterocycles. The Kier molecular flexibility index (Phi) is 3.20. The summed E-state index contributed by atoms with van der Waals surface area (Å²) in [5, 5.41) is 0. The number of rotatable bonds is 2. The van der Waals surface area contributed by atoms with Crippen LogP contribution in [-0.2, 0) is 0 Å². The second kappa shape index (κ2) is 3.98. The zero-order chi connectivity index (χ0) is 9.14. The maximum atomic E-state index is 12.8. The number of hydrazine groups is 1. The van der Waals surface area contributed by atoms with Crippen LogP contribution < -0.4 is 11.3 Å². The Morgan fingerprint density at radius 2 is 2.25 bits per heavy atom. The second-order valence-corrected chi connectivity index (χ2v) is 3.41. The third-order valence-corrected chi connectivity index (χ3v) is 2.40. The molecule has 4 heteroatoms. The van der Waals surface area contributed by atoms with E-state index >= 15 is 0 Å². The van der Waals surface area contributed by atoms with Crippen LogP contribution in [-0.4, -0.2) is 0 Å². The summed E-state index contributed by atoms with van der Waals surface area (Å²) in [6, 6.07) is 4.46. The van der Waals surface area contributed by atoms with Crippen molar-refractivity contribution < 1.29 is 4.39 Å². The first kappa shape index (κ1) is 9.64. The van der Waals surface area contributed by atoms with Gasteiger partial charge in [-0.3, -0.25) is 11.3 Å². The van der Waals surface area contributed by atoms with Gasteiger partial charge < -0.3 is 0 Å². The Bertz CT molecular complexity index is 278. The van der Waals surface area contributed by atoms with Gasteiger partial charge in [0.1, 0.15) is 5.82 Å². The predicted octanol–water partition coefficient (Wildman–Crippen LogP) is 2.11. The molecule has 0 radical (unpaired) electrons. The molecular weight excluding hydrogens is 223 g/mol. The number of hydrogen-bond acceptors (Lipinski definition) is 2. The van der Waals surface area contributed by atoms with Gasteiger partial charge in [0, 0.05) is 10.5 Å². The lowest BCUT2D eigenvalue weighted by molar-refractivity contribution is 0.583. The van der Waals surface area contributed by atoms with Gasteiger partial charge >= 0.3 is 0 Å². The molecular formula is C8H10BrFN2. The molecule has 1 atom stereocenters. The largest absolute Gasteiger partial charge is 0.271 e. The van der Waals surface area contributed by atoms with Gasteiger partial charge in [-0.1, -0.05) is 15.9 Å². The molecule has 1 rings (SSSR count). The lowest BCUT2D eigenvalue weighted by atomic mass is 10.1. The van der Waals surface area contributed by atoms with Crippen molar-refractivity contribution in [1.29, 1.82) is 0 Å². The molecule has 1 aromatic rings. The molecule has 0 spiro atoms. The topological polar surface area (TPSA) is 38.0 Å². The minimum absolute atomic E-state index is 0.0601. The van der Waals surface area contributed by atoms with Crippen molar-refractivity contribution in [2.45, 2.75) is 13.0 Å². The monoisotopic (exact) mass is 232 g/mol. The van der Waals surface area contributed by atoms with Crippen LogP contribution in [0.25, 0.3) is 0 Å². The van der Waals surface area contributed by atoms with Crippen molar-refractivity contribution in [3.8, 4) is 0 Å². The normalized spacial score (nSPS) is 13.0. The van der Waals surface area contributed by atoms with Crippen LogP contribution in [0.3, 0.4) is 0 Å². The molecule has 0 amide bonds. The van der Waals surface area contributed by atoms with Gasteiger partial charge in [0.05, 0.1) is 0 Å². The standard InChI is InChI=1S/C8H10BrFN2/c1-5(12-11)7-4-6(10)2-3-8(7)9/h2-5,12H,11H2,1H3. The van der Waals surface area contributed by atoms with E-state index in [1.54, 1.807) is 6.07 Å². The number of halogens is 2. The van der Waals surface area contributed by atoms with Crippen molar-refractivity contribution in [2.24, 2.45) is 5.84 Å². The van der Waals surface area contributed by atoms with Crippen molar-refractivity contribution in [1.82, 2.24) is 5.43 Å². The highest BCUT2D eigenvalue weighted by Gasteiger charge is 2.07. The van der Waals surface area contributed by atoms with Gasteiger partial charge in [0.15, 0.2) is 0 Å². The summed E-state index contributed by atoms with van der Waals surface area (Å²) in [5.74, 6) is 4.98. The van der Waals surface area contributed by atoms with Crippen molar-refractivity contribution in [3.63, 3.8) is 0 Å². The van der Waals surface area contributed by atoms with E-state index < -0.39 is 0 Å². The van der Waals surface area contributed by atoms with Crippen LogP contribution in [0.4, 0.5) is 4.39 Å². The molecule has 0 aliphatic rings. The van der Waals surface area contributed by atoms with Crippen LogP contribution in [0.15, 0.2) is 22.7 Å². The van der Waals surface area contributed by atoms with Crippen LogP contribution in [0.5, 0.6) is 0 Å². The molecule has 0 saturated carbocycles. The summed E-state index contributed by atoms with van der Waals surface area (Å²) in [6.07, 6.45) is 0. The Morgan fingerprint density at radius 1 is 1.58 bits per heavy atom. The minimum Gasteiger partial charge on any atom is -0.271 e. The third-order valence-electron chi connectivity index (χ3n) is 1.67. The van der Waals surface area contributed by atoms with Gasteiger partial charge in [-0.2, -0.15) is 0 Å². The summed E-state index contributed by atoms with van der Waals surface area (Å²) in [4.78, 5) is 0. The first-order valence-electron chi connectivity index (χ1n) is 3.56. The smallest absolute Gasteiger partial charge is 0.123 e. The highest BCUT2D eigenvalue weighted by atomic mass is 79.9. The molecule has 0 aliphatic heterocycles. The van der Waals surface area contributed by atoms with Gasteiger partial charge in [-0.05, 0) is 30.7 Å². The summed E-state index contributed by atoms with van der Waals surface area (Å²) < 4.78 is 13.6. The van der Waals surface area contributed by atoms with Crippen LogP contribution >= 0.6 is 15.9 Å². The van der Waals surface area contributed by atoms with E-state index in [0.717, 1.165) is 10.0 Å². The fourth-order valence-electron chi connectivity index (χ4n) is 0.936. The van der Waals surface area contributed by atoms with E-state index in [9.17, 15) is 4.39 Å². The first-order valence-corrected chi connectivity index (χ1v) is 4.35. The van der Waals surface area contributed by atoms with Crippen LogP contribution in [0, 0.1) is 5.82 Å². The predicted molar refractivity (Wildman–Crippen MR) is 49.8 cm³/mol. The van der Waals surface area contributed by atoms with E-state index in [1.807, 2.05) is 6.92 Å².